The van der Waals surface area contributed by atoms with E-state index in [2.05, 4.69) is 15.6 Å². The Hall–Kier alpha value is -3.40. The Morgan fingerprint density at radius 3 is 2.68 bits per heavy atom. The van der Waals surface area contributed by atoms with E-state index in [1.807, 2.05) is 6.92 Å². The van der Waals surface area contributed by atoms with E-state index in [0.717, 1.165) is 17.8 Å². The van der Waals surface area contributed by atoms with Crippen LogP contribution in [0.15, 0.2) is 29.3 Å². The topological polar surface area (TPSA) is 112 Å². The second-order valence-corrected chi connectivity index (χ2v) is 7.78. The number of ether oxygens (including phenoxy) is 2. The Morgan fingerprint density at radius 2 is 2.00 bits per heavy atom. The van der Waals surface area contributed by atoms with E-state index < -0.39 is 5.91 Å². The summed E-state index contributed by atoms with van der Waals surface area (Å²) >= 11 is 1.12. The smallest absolute Gasteiger partial charge is 0.266 e. The zero-order chi connectivity index (χ0) is 22.5. The maximum Gasteiger partial charge on any atom is 0.266 e. The predicted molar refractivity (Wildman–Crippen MR) is 119 cm³/mol. The van der Waals surface area contributed by atoms with Crippen molar-refractivity contribution >= 4 is 39.1 Å². The summed E-state index contributed by atoms with van der Waals surface area (Å²) in [6, 6.07) is 5.07. The van der Waals surface area contributed by atoms with Crippen LogP contribution in [0, 0.1) is 6.92 Å². The van der Waals surface area contributed by atoms with Crippen molar-refractivity contribution in [3.8, 4) is 11.5 Å². The van der Waals surface area contributed by atoms with Gasteiger partial charge in [0.05, 0.1) is 36.5 Å². The van der Waals surface area contributed by atoms with Gasteiger partial charge in [0.2, 0.25) is 5.91 Å². The first-order valence-electron chi connectivity index (χ1n) is 9.68. The van der Waals surface area contributed by atoms with Crippen LogP contribution in [-0.2, 0) is 11.3 Å². The fraction of sp³-hybridized carbons (Fsp3) is 0.333. The number of anilines is 1. The van der Waals surface area contributed by atoms with Crippen molar-refractivity contribution in [1.29, 1.82) is 0 Å². The molecule has 10 heteroatoms. The zero-order valence-corrected chi connectivity index (χ0v) is 18.6. The highest BCUT2D eigenvalue weighted by Crippen LogP contribution is 2.32. The van der Waals surface area contributed by atoms with E-state index in [-0.39, 0.29) is 18.0 Å². The van der Waals surface area contributed by atoms with Crippen LogP contribution in [0.2, 0.25) is 0 Å². The molecule has 2 heterocycles. The molecule has 164 valence electrons. The standard InChI is InChI=1S/C21H24N4O5S/c1-5-8-22-16(26)10-25-11-23-20-17(21(25)28)12(2)18(31-20)19(27)24-14-9-13(29-3)6-7-15(14)30-4/h6-7,9,11H,5,8,10H2,1-4H3,(H,22,26)(H,24,27). The number of amides is 2. The molecule has 9 nitrogen and oxygen atoms in total. The average Bonchev–Trinajstić information content (AvgIpc) is 3.11. The largest absolute Gasteiger partial charge is 0.497 e. The van der Waals surface area contributed by atoms with Crippen molar-refractivity contribution in [3.63, 3.8) is 0 Å². The summed E-state index contributed by atoms with van der Waals surface area (Å²) in [4.78, 5) is 43.0. The summed E-state index contributed by atoms with van der Waals surface area (Å²) in [5, 5.41) is 5.87. The summed E-state index contributed by atoms with van der Waals surface area (Å²) in [6.45, 7) is 4.06. The van der Waals surface area contributed by atoms with E-state index >= 15 is 0 Å². The molecule has 0 aliphatic rings. The molecule has 0 bridgehead atoms. The van der Waals surface area contributed by atoms with Gasteiger partial charge in [0, 0.05) is 12.6 Å². The van der Waals surface area contributed by atoms with Crippen molar-refractivity contribution in [2.24, 2.45) is 0 Å². The normalized spacial score (nSPS) is 10.7. The Bertz CT molecular complexity index is 1180. The molecule has 0 atom stereocenters. The van der Waals surface area contributed by atoms with Crippen LogP contribution in [0.4, 0.5) is 5.69 Å². The highest BCUT2D eigenvalue weighted by molar-refractivity contribution is 7.20. The number of aryl methyl sites for hydroxylation is 1. The molecule has 0 radical (unpaired) electrons. The number of thiophene rings is 1. The van der Waals surface area contributed by atoms with Gasteiger partial charge in [0.15, 0.2) is 0 Å². The van der Waals surface area contributed by atoms with Gasteiger partial charge >= 0.3 is 0 Å². The number of methoxy groups -OCH3 is 2. The summed E-state index contributed by atoms with van der Waals surface area (Å²) in [5.74, 6) is 0.390. The minimum atomic E-state index is -0.390. The quantitative estimate of drug-likeness (QED) is 0.552. The number of benzene rings is 1. The fourth-order valence-corrected chi connectivity index (χ4v) is 4.09. The van der Waals surface area contributed by atoms with Crippen LogP contribution in [-0.4, -0.2) is 42.1 Å². The molecule has 2 N–H and O–H groups in total. The fourth-order valence-electron chi connectivity index (χ4n) is 3.05. The molecule has 0 saturated carbocycles. The summed E-state index contributed by atoms with van der Waals surface area (Å²) < 4.78 is 11.8. The first kappa shape index (κ1) is 22.3. The molecular formula is C21H24N4O5S. The minimum Gasteiger partial charge on any atom is -0.497 e. The van der Waals surface area contributed by atoms with Crippen molar-refractivity contribution in [3.05, 3.63) is 45.3 Å². The lowest BCUT2D eigenvalue weighted by Crippen LogP contribution is -2.32. The van der Waals surface area contributed by atoms with Gasteiger partial charge in [-0.2, -0.15) is 0 Å². The Labute approximate surface area is 183 Å². The third-order valence-electron chi connectivity index (χ3n) is 4.66. The molecule has 31 heavy (non-hydrogen) atoms. The lowest BCUT2D eigenvalue weighted by Gasteiger charge is -2.11. The first-order chi connectivity index (χ1) is 14.9. The maximum absolute atomic E-state index is 13.0. The Morgan fingerprint density at radius 1 is 1.23 bits per heavy atom. The first-order valence-corrected chi connectivity index (χ1v) is 10.5. The van der Waals surface area contributed by atoms with Crippen molar-refractivity contribution in [2.45, 2.75) is 26.8 Å². The van der Waals surface area contributed by atoms with Gasteiger partial charge in [-0.3, -0.25) is 19.0 Å². The summed E-state index contributed by atoms with van der Waals surface area (Å²) in [7, 11) is 3.04. The number of carbonyl (C=O) groups excluding carboxylic acids is 2. The van der Waals surface area contributed by atoms with Crippen molar-refractivity contribution in [2.75, 3.05) is 26.1 Å². The molecule has 0 saturated heterocycles. The lowest BCUT2D eigenvalue weighted by atomic mass is 10.2. The molecule has 1 aromatic carbocycles. The molecule has 3 aromatic rings. The van der Waals surface area contributed by atoms with Crippen molar-refractivity contribution < 1.29 is 19.1 Å². The highest BCUT2D eigenvalue weighted by Gasteiger charge is 2.21. The Kier molecular flexibility index (Phi) is 6.91. The van der Waals surface area contributed by atoms with Gasteiger partial charge in [0.25, 0.3) is 11.5 Å². The number of rotatable bonds is 8. The monoisotopic (exact) mass is 444 g/mol. The van der Waals surface area contributed by atoms with Gasteiger partial charge in [-0.15, -0.1) is 11.3 Å². The molecule has 0 aliphatic carbocycles. The molecular weight excluding hydrogens is 420 g/mol. The number of nitrogens with one attached hydrogen (secondary N) is 2. The number of hydrogen-bond donors (Lipinski definition) is 2. The molecule has 0 spiro atoms. The van der Waals surface area contributed by atoms with Crippen LogP contribution in [0.3, 0.4) is 0 Å². The molecule has 3 rings (SSSR count). The van der Waals surface area contributed by atoms with Crippen LogP contribution < -0.4 is 25.7 Å². The molecule has 0 unspecified atom stereocenters. The number of fused-ring (bicyclic) bond motifs is 1. The van der Waals surface area contributed by atoms with Crippen LogP contribution in [0.25, 0.3) is 10.2 Å². The van der Waals surface area contributed by atoms with Crippen LogP contribution in [0.5, 0.6) is 11.5 Å². The third-order valence-corrected chi connectivity index (χ3v) is 5.86. The maximum atomic E-state index is 13.0. The van der Waals surface area contributed by atoms with Gasteiger partial charge in [-0.25, -0.2) is 4.98 Å². The lowest BCUT2D eigenvalue weighted by molar-refractivity contribution is -0.121. The molecule has 0 fully saturated rings. The zero-order valence-electron chi connectivity index (χ0n) is 17.8. The van der Waals surface area contributed by atoms with E-state index in [1.54, 1.807) is 25.1 Å². The van der Waals surface area contributed by atoms with Gasteiger partial charge in [-0.1, -0.05) is 6.92 Å². The van der Waals surface area contributed by atoms with Gasteiger partial charge in [0.1, 0.15) is 22.9 Å². The molecule has 0 aliphatic heterocycles. The van der Waals surface area contributed by atoms with Crippen LogP contribution >= 0.6 is 11.3 Å². The minimum absolute atomic E-state index is 0.125. The highest BCUT2D eigenvalue weighted by atomic mass is 32.1. The van der Waals surface area contributed by atoms with E-state index in [4.69, 9.17) is 9.47 Å². The van der Waals surface area contributed by atoms with Crippen LogP contribution in [0.1, 0.15) is 28.6 Å². The number of aromatic nitrogens is 2. The second kappa shape index (κ2) is 9.61. The van der Waals surface area contributed by atoms with Gasteiger partial charge in [-0.05, 0) is 31.0 Å². The van der Waals surface area contributed by atoms with E-state index in [1.165, 1.54) is 25.1 Å². The van der Waals surface area contributed by atoms with Crippen molar-refractivity contribution in [1.82, 2.24) is 14.9 Å². The number of carbonyl (C=O) groups is 2. The molecule has 2 amide bonds. The number of nitrogens with zero attached hydrogens (tertiary/aromatic N) is 2. The summed E-state index contributed by atoms with van der Waals surface area (Å²) in [6.07, 6.45) is 2.14. The van der Waals surface area contributed by atoms with E-state index in [9.17, 15) is 14.4 Å². The molecule has 2 aromatic heterocycles. The SMILES string of the molecule is CCCNC(=O)Cn1cnc2sc(C(=O)Nc3cc(OC)ccc3OC)c(C)c2c1=O. The second-order valence-electron chi connectivity index (χ2n) is 6.78. The third kappa shape index (κ3) is 4.69. The Balaban J connectivity index is 1.92. The number of hydrogen-bond acceptors (Lipinski definition) is 7. The predicted octanol–water partition coefficient (Wildman–Crippen LogP) is 2.56. The summed E-state index contributed by atoms with van der Waals surface area (Å²) in [5.41, 5.74) is 0.602. The van der Waals surface area contributed by atoms with Gasteiger partial charge < -0.3 is 20.1 Å². The average molecular weight is 445 g/mol. The van der Waals surface area contributed by atoms with E-state index in [0.29, 0.717) is 44.4 Å².